The van der Waals surface area contributed by atoms with Crippen LogP contribution in [0.15, 0.2) is 52.9 Å². The van der Waals surface area contributed by atoms with Crippen molar-refractivity contribution in [2.45, 2.75) is 0 Å². The summed E-state index contributed by atoms with van der Waals surface area (Å²) in [6.45, 7) is 0. The molecule has 0 radical (unpaired) electrons. The van der Waals surface area contributed by atoms with Crippen LogP contribution in [0.3, 0.4) is 0 Å². The molecule has 1 heterocycles. The van der Waals surface area contributed by atoms with Gasteiger partial charge in [0.15, 0.2) is 11.5 Å². The van der Waals surface area contributed by atoms with Crippen LogP contribution >= 0.6 is 0 Å². The van der Waals surface area contributed by atoms with Gasteiger partial charge in [-0.2, -0.15) is 0 Å². The molecule has 3 nitrogen and oxygen atoms in total. The largest absolute Gasteiger partial charge is 0.504 e. The first-order valence-corrected chi connectivity index (χ1v) is 5.64. The van der Waals surface area contributed by atoms with Gasteiger partial charge in [-0.3, -0.25) is 0 Å². The summed E-state index contributed by atoms with van der Waals surface area (Å²) >= 11 is 0. The number of para-hydroxylation sites is 2. The summed E-state index contributed by atoms with van der Waals surface area (Å²) in [6, 6.07) is 15.0. The van der Waals surface area contributed by atoms with E-state index in [2.05, 4.69) is 0 Å². The predicted octanol–water partition coefficient (Wildman–Crippen LogP) is 3.81. The number of ether oxygens (including phenoxy) is 1. The smallest absolute Gasteiger partial charge is 0.168 e. The highest BCUT2D eigenvalue weighted by Crippen LogP contribution is 2.38. The summed E-state index contributed by atoms with van der Waals surface area (Å²) in [5, 5.41) is 11.1. The van der Waals surface area contributed by atoms with Gasteiger partial charge in [0.1, 0.15) is 11.3 Å². The van der Waals surface area contributed by atoms with Crippen LogP contribution in [0, 0.1) is 0 Å². The SMILES string of the molecule is COc1cccc(-c2cc3ccccc3o2)c1O. The standard InChI is InChI=1S/C15H12O3/c1-17-13-8-4-6-11(15(13)16)14-9-10-5-2-3-7-12(10)18-14/h2-9,16H,1H3. The Morgan fingerprint density at radius 2 is 1.89 bits per heavy atom. The van der Waals surface area contributed by atoms with Gasteiger partial charge >= 0.3 is 0 Å². The molecule has 0 saturated carbocycles. The second kappa shape index (κ2) is 4.11. The number of phenols is 1. The van der Waals surface area contributed by atoms with Gasteiger partial charge in [-0.25, -0.2) is 0 Å². The zero-order chi connectivity index (χ0) is 12.5. The maximum absolute atomic E-state index is 10.1. The molecule has 0 spiro atoms. The molecule has 1 aromatic heterocycles. The van der Waals surface area contributed by atoms with E-state index >= 15 is 0 Å². The molecule has 0 atom stereocenters. The Balaban J connectivity index is 2.20. The van der Waals surface area contributed by atoms with Crippen LogP contribution in [-0.2, 0) is 0 Å². The first kappa shape index (κ1) is 10.7. The van der Waals surface area contributed by atoms with Gasteiger partial charge in [0.25, 0.3) is 0 Å². The van der Waals surface area contributed by atoms with Crippen molar-refractivity contribution in [2.75, 3.05) is 7.11 Å². The van der Waals surface area contributed by atoms with E-state index in [-0.39, 0.29) is 5.75 Å². The second-order valence-electron chi connectivity index (χ2n) is 4.00. The third-order valence-corrected chi connectivity index (χ3v) is 2.91. The lowest BCUT2D eigenvalue weighted by Crippen LogP contribution is -1.84. The fourth-order valence-corrected chi connectivity index (χ4v) is 2.00. The molecule has 0 aliphatic carbocycles. The predicted molar refractivity (Wildman–Crippen MR) is 69.9 cm³/mol. The highest BCUT2D eigenvalue weighted by atomic mass is 16.5. The number of hydrogen-bond donors (Lipinski definition) is 1. The number of benzene rings is 2. The minimum Gasteiger partial charge on any atom is -0.504 e. The van der Waals surface area contributed by atoms with E-state index in [0.29, 0.717) is 17.1 Å². The average Bonchev–Trinajstić information content (AvgIpc) is 2.82. The number of rotatable bonds is 2. The Hall–Kier alpha value is -2.42. The fraction of sp³-hybridized carbons (Fsp3) is 0.0667. The zero-order valence-electron chi connectivity index (χ0n) is 9.88. The molecule has 0 fully saturated rings. The lowest BCUT2D eigenvalue weighted by atomic mass is 10.1. The van der Waals surface area contributed by atoms with Gasteiger partial charge in [0, 0.05) is 5.39 Å². The van der Waals surface area contributed by atoms with Crippen molar-refractivity contribution in [3.05, 3.63) is 48.5 Å². The van der Waals surface area contributed by atoms with E-state index in [9.17, 15) is 5.11 Å². The molecule has 3 heteroatoms. The lowest BCUT2D eigenvalue weighted by molar-refractivity contribution is 0.374. The lowest BCUT2D eigenvalue weighted by Gasteiger charge is -2.06. The summed E-state index contributed by atoms with van der Waals surface area (Å²) in [6.07, 6.45) is 0. The van der Waals surface area contributed by atoms with E-state index in [1.165, 1.54) is 7.11 Å². The van der Waals surface area contributed by atoms with Gasteiger partial charge in [0.2, 0.25) is 0 Å². The third-order valence-electron chi connectivity index (χ3n) is 2.91. The first-order valence-electron chi connectivity index (χ1n) is 5.64. The molecule has 3 rings (SSSR count). The minimum absolute atomic E-state index is 0.0963. The van der Waals surface area contributed by atoms with Crippen LogP contribution in [0.5, 0.6) is 11.5 Å². The summed E-state index contributed by atoms with van der Waals surface area (Å²) in [4.78, 5) is 0. The zero-order valence-corrected chi connectivity index (χ0v) is 9.88. The van der Waals surface area contributed by atoms with Crippen LogP contribution in [0.4, 0.5) is 0 Å². The van der Waals surface area contributed by atoms with Gasteiger partial charge < -0.3 is 14.3 Å². The molecule has 0 saturated heterocycles. The topological polar surface area (TPSA) is 42.6 Å². The highest BCUT2D eigenvalue weighted by Gasteiger charge is 2.13. The molecule has 1 N–H and O–H groups in total. The Labute approximate surface area is 104 Å². The number of methoxy groups -OCH3 is 1. The van der Waals surface area contributed by atoms with E-state index < -0.39 is 0 Å². The van der Waals surface area contributed by atoms with E-state index in [1.807, 2.05) is 36.4 Å². The summed E-state index contributed by atoms with van der Waals surface area (Å²) in [5.41, 5.74) is 1.43. The molecule has 2 aromatic carbocycles. The Kier molecular flexibility index (Phi) is 2.45. The van der Waals surface area contributed by atoms with Crippen molar-refractivity contribution in [2.24, 2.45) is 0 Å². The van der Waals surface area contributed by atoms with Gasteiger partial charge in [-0.15, -0.1) is 0 Å². The molecule has 0 aliphatic rings. The highest BCUT2D eigenvalue weighted by molar-refractivity contribution is 5.84. The van der Waals surface area contributed by atoms with Crippen molar-refractivity contribution in [1.82, 2.24) is 0 Å². The molecule has 3 aromatic rings. The maximum atomic E-state index is 10.1. The Bertz CT molecular complexity index is 665. The van der Waals surface area contributed by atoms with E-state index in [1.54, 1.807) is 12.1 Å². The van der Waals surface area contributed by atoms with Crippen LogP contribution < -0.4 is 4.74 Å². The quantitative estimate of drug-likeness (QED) is 0.740. The summed E-state index contributed by atoms with van der Waals surface area (Å²) < 4.78 is 10.8. The van der Waals surface area contributed by atoms with Crippen molar-refractivity contribution < 1.29 is 14.3 Å². The van der Waals surface area contributed by atoms with Gasteiger partial charge in [-0.1, -0.05) is 24.3 Å². The normalized spacial score (nSPS) is 10.7. The average molecular weight is 240 g/mol. The molecule has 0 unspecified atom stereocenters. The minimum atomic E-state index is 0.0963. The summed E-state index contributed by atoms with van der Waals surface area (Å²) in [7, 11) is 1.53. The van der Waals surface area contributed by atoms with Crippen LogP contribution in [0.2, 0.25) is 0 Å². The number of fused-ring (bicyclic) bond motifs is 1. The number of phenolic OH excluding ortho intramolecular Hbond substituents is 1. The monoisotopic (exact) mass is 240 g/mol. The van der Waals surface area contributed by atoms with Crippen LogP contribution in [0.1, 0.15) is 0 Å². The number of hydrogen-bond acceptors (Lipinski definition) is 3. The van der Waals surface area contributed by atoms with Crippen molar-refractivity contribution in [3.8, 4) is 22.8 Å². The number of aromatic hydroxyl groups is 1. The summed E-state index contributed by atoms with van der Waals surface area (Å²) in [5.74, 6) is 1.17. The molecular weight excluding hydrogens is 228 g/mol. The first-order chi connectivity index (χ1) is 8.79. The van der Waals surface area contributed by atoms with E-state index in [0.717, 1.165) is 11.0 Å². The molecule has 18 heavy (non-hydrogen) atoms. The van der Waals surface area contributed by atoms with Crippen molar-refractivity contribution in [3.63, 3.8) is 0 Å². The van der Waals surface area contributed by atoms with Gasteiger partial charge in [0.05, 0.1) is 12.7 Å². The fourth-order valence-electron chi connectivity index (χ4n) is 2.00. The molecule has 90 valence electrons. The van der Waals surface area contributed by atoms with Crippen molar-refractivity contribution >= 4 is 11.0 Å². The second-order valence-corrected chi connectivity index (χ2v) is 4.00. The van der Waals surface area contributed by atoms with Gasteiger partial charge in [-0.05, 0) is 24.3 Å². The van der Waals surface area contributed by atoms with Crippen molar-refractivity contribution in [1.29, 1.82) is 0 Å². The maximum Gasteiger partial charge on any atom is 0.168 e. The Morgan fingerprint density at radius 3 is 2.67 bits per heavy atom. The molecule has 0 aliphatic heterocycles. The molecular formula is C15H12O3. The van der Waals surface area contributed by atoms with Crippen LogP contribution in [0.25, 0.3) is 22.3 Å². The molecule has 0 bridgehead atoms. The molecule has 0 amide bonds. The Morgan fingerprint density at radius 1 is 1.06 bits per heavy atom. The van der Waals surface area contributed by atoms with Crippen LogP contribution in [-0.4, -0.2) is 12.2 Å². The van der Waals surface area contributed by atoms with E-state index in [4.69, 9.17) is 9.15 Å². The number of furan rings is 1. The third kappa shape index (κ3) is 1.61.